The summed E-state index contributed by atoms with van der Waals surface area (Å²) in [6.07, 6.45) is 4.65. The molecule has 0 spiro atoms. The number of anilines is 1. The molecule has 168 valence electrons. The van der Waals surface area contributed by atoms with Crippen LogP contribution in [0.5, 0.6) is 0 Å². The topological polar surface area (TPSA) is 63.2 Å². The van der Waals surface area contributed by atoms with Crippen molar-refractivity contribution in [2.45, 2.75) is 26.0 Å². The molecule has 1 aromatic heterocycles. The molecule has 1 unspecified atom stereocenters. The molecule has 1 atom stereocenters. The van der Waals surface area contributed by atoms with Crippen LogP contribution in [0.25, 0.3) is 0 Å². The van der Waals surface area contributed by atoms with E-state index in [2.05, 4.69) is 15.6 Å². The number of allylic oxidation sites excluding steroid dienone is 1. The molecule has 0 fully saturated rings. The van der Waals surface area contributed by atoms with E-state index in [1.54, 1.807) is 12.4 Å². The molecule has 0 saturated carbocycles. The quantitative estimate of drug-likeness (QED) is 0.438. The van der Waals surface area contributed by atoms with Crippen molar-refractivity contribution in [3.63, 3.8) is 0 Å². The predicted octanol–water partition coefficient (Wildman–Crippen LogP) is 5.06. The molecule has 0 bridgehead atoms. The van der Waals surface area contributed by atoms with E-state index in [0.717, 1.165) is 22.5 Å². The van der Waals surface area contributed by atoms with Crippen LogP contribution in [0.15, 0.2) is 96.5 Å². The highest BCUT2D eigenvalue weighted by atomic mass is 32.1. The largest absolute Gasteiger partial charge is 0.384 e. The van der Waals surface area contributed by atoms with E-state index < -0.39 is 0 Å². The van der Waals surface area contributed by atoms with Crippen LogP contribution in [0.2, 0.25) is 0 Å². The van der Waals surface area contributed by atoms with E-state index in [1.807, 2.05) is 72.8 Å². The Kier molecular flexibility index (Phi) is 7.95. The van der Waals surface area contributed by atoms with Gasteiger partial charge in [0.05, 0.1) is 18.8 Å². The second-order valence-corrected chi connectivity index (χ2v) is 8.49. The molecule has 6 heteroatoms. The lowest BCUT2D eigenvalue weighted by Gasteiger charge is -2.28. The highest BCUT2D eigenvalue weighted by molar-refractivity contribution is 7.81. The Morgan fingerprint density at radius 1 is 0.939 bits per heavy atom. The molecule has 2 aromatic carbocycles. The molecule has 1 heterocycles. The predicted molar refractivity (Wildman–Crippen MR) is 135 cm³/mol. The summed E-state index contributed by atoms with van der Waals surface area (Å²) >= 11 is 5.66. The van der Waals surface area contributed by atoms with Gasteiger partial charge in [-0.25, -0.2) is 0 Å². The molecule has 3 aromatic rings. The van der Waals surface area contributed by atoms with Gasteiger partial charge in [0.15, 0.2) is 5.78 Å². The van der Waals surface area contributed by atoms with Crippen LogP contribution in [-0.2, 0) is 22.7 Å². The second-order valence-electron chi connectivity index (χ2n) is 8.08. The van der Waals surface area contributed by atoms with Gasteiger partial charge in [0.2, 0.25) is 0 Å². The van der Waals surface area contributed by atoms with Crippen LogP contribution in [-0.4, -0.2) is 22.4 Å². The lowest BCUT2D eigenvalue weighted by Crippen LogP contribution is -2.33. The first-order valence-electron chi connectivity index (χ1n) is 11.1. The Morgan fingerprint density at radius 3 is 2.36 bits per heavy atom. The molecule has 2 N–H and O–H groups in total. The van der Waals surface area contributed by atoms with Crippen LogP contribution in [0, 0.1) is 5.92 Å². The van der Waals surface area contributed by atoms with Gasteiger partial charge < -0.3 is 15.4 Å². The summed E-state index contributed by atoms with van der Waals surface area (Å²) in [5.74, 6) is 0.143. The molecular weight excluding hydrogens is 430 g/mol. The molecule has 4 rings (SSSR count). The monoisotopic (exact) mass is 457 g/mol. The maximum Gasteiger partial charge on any atom is 0.167 e. The molecule has 33 heavy (non-hydrogen) atoms. The summed E-state index contributed by atoms with van der Waals surface area (Å²) in [7, 11) is 0. The van der Waals surface area contributed by atoms with Crippen LogP contribution in [0.3, 0.4) is 0 Å². The fourth-order valence-corrected chi connectivity index (χ4v) is 4.23. The molecule has 1 aliphatic rings. The summed E-state index contributed by atoms with van der Waals surface area (Å²) in [4.78, 5) is 17.7. The van der Waals surface area contributed by atoms with E-state index >= 15 is 0 Å². The fourth-order valence-electron chi connectivity index (χ4n) is 3.88. The molecule has 1 aliphatic carbocycles. The van der Waals surface area contributed by atoms with Gasteiger partial charge in [0, 0.05) is 36.7 Å². The number of benzene rings is 2. The van der Waals surface area contributed by atoms with Crippen molar-refractivity contribution < 1.29 is 9.53 Å². The Hall–Kier alpha value is -3.35. The van der Waals surface area contributed by atoms with E-state index in [4.69, 9.17) is 17.0 Å². The average molecular weight is 458 g/mol. The van der Waals surface area contributed by atoms with Crippen LogP contribution in [0.4, 0.5) is 5.69 Å². The Bertz CT molecular complexity index is 1100. The third-order valence-corrected chi connectivity index (χ3v) is 5.83. The van der Waals surface area contributed by atoms with Crippen molar-refractivity contribution in [3.8, 4) is 0 Å². The number of para-hydroxylation sites is 1. The number of carbonyl (C=O) groups excluding carboxylic acids is 1. The maximum absolute atomic E-state index is 13.2. The zero-order valence-electron chi connectivity index (χ0n) is 18.4. The lowest BCUT2D eigenvalue weighted by molar-refractivity contribution is -0.117. The molecular formula is C27H27N3O2S. The number of Topliss-reactive ketones (excluding diaryl/α,β-unsaturated/α-hetero) is 1. The van der Waals surface area contributed by atoms with E-state index in [9.17, 15) is 4.79 Å². The molecule has 0 saturated heterocycles. The van der Waals surface area contributed by atoms with Gasteiger partial charge in [0.25, 0.3) is 0 Å². The first kappa shape index (κ1) is 22.8. The highest BCUT2D eigenvalue weighted by Gasteiger charge is 2.30. The fraction of sp³-hybridized carbons (Fsp3) is 0.222. The first-order valence-corrected chi connectivity index (χ1v) is 11.5. The Balaban J connectivity index is 1.47. The van der Waals surface area contributed by atoms with E-state index in [-0.39, 0.29) is 11.7 Å². The number of rotatable bonds is 9. The van der Waals surface area contributed by atoms with Crippen molar-refractivity contribution in [1.29, 1.82) is 0 Å². The van der Waals surface area contributed by atoms with Crippen LogP contribution < -0.4 is 10.6 Å². The number of pyridine rings is 1. The standard InChI is InChI=1S/C27H27N3O2S/c31-25-16-22(19-32-18-21-7-3-1-4-8-21)15-24(29-17-20-11-13-28-14-12-20)26(25)27(33)30-23-9-5-2-6-10-23/h1-14,22,29H,15-19H2,(H,30,33). The van der Waals surface area contributed by atoms with Crippen molar-refractivity contribution in [3.05, 3.63) is 108 Å². The number of ketones is 1. The van der Waals surface area contributed by atoms with Crippen molar-refractivity contribution in [2.24, 2.45) is 5.92 Å². The van der Waals surface area contributed by atoms with Crippen LogP contribution in [0.1, 0.15) is 24.0 Å². The number of carbonyl (C=O) groups is 1. The van der Waals surface area contributed by atoms with E-state index in [0.29, 0.717) is 43.2 Å². The van der Waals surface area contributed by atoms with Crippen molar-refractivity contribution in [1.82, 2.24) is 10.3 Å². The Labute approximate surface area is 199 Å². The summed E-state index contributed by atoms with van der Waals surface area (Å²) < 4.78 is 5.95. The summed E-state index contributed by atoms with van der Waals surface area (Å²) in [5.41, 5.74) is 4.52. The molecule has 0 amide bonds. The van der Waals surface area contributed by atoms with Gasteiger partial charge in [-0.3, -0.25) is 9.78 Å². The van der Waals surface area contributed by atoms with Gasteiger partial charge >= 0.3 is 0 Å². The number of nitrogens with one attached hydrogen (secondary N) is 2. The minimum atomic E-state index is 0.0419. The summed E-state index contributed by atoms with van der Waals surface area (Å²) in [6.45, 7) is 1.66. The van der Waals surface area contributed by atoms with Crippen LogP contribution >= 0.6 is 12.2 Å². The number of aromatic nitrogens is 1. The number of ether oxygens (including phenoxy) is 1. The number of hydrogen-bond donors (Lipinski definition) is 2. The normalized spacial score (nSPS) is 15.9. The summed E-state index contributed by atoms with van der Waals surface area (Å²) in [5, 5.41) is 6.69. The number of thiocarbonyl (C=S) groups is 1. The SMILES string of the molecule is O=C1CC(COCc2ccccc2)CC(NCc2ccncc2)=C1C(=S)Nc1ccccc1. The third-order valence-electron chi connectivity index (χ3n) is 5.53. The number of hydrogen-bond acceptors (Lipinski definition) is 5. The third kappa shape index (κ3) is 6.57. The van der Waals surface area contributed by atoms with Gasteiger partial charge in [-0.1, -0.05) is 60.7 Å². The lowest BCUT2D eigenvalue weighted by atomic mass is 9.86. The smallest absolute Gasteiger partial charge is 0.167 e. The highest BCUT2D eigenvalue weighted by Crippen LogP contribution is 2.28. The van der Waals surface area contributed by atoms with Gasteiger partial charge in [-0.15, -0.1) is 0 Å². The Morgan fingerprint density at radius 2 is 1.64 bits per heavy atom. The maximum atomic E-state index is 13.2. The van der Waals surface area contributed by atoms with E-state index in [1.165, 1.54) is 0 Å². The minimum Gasteiger partial charge on any atom is -0.384 e. The zero-order valence-corrected chi connectivity index (χ0v) is 19.2. The summed E-state index contributed by atoms with van der Waals surface area (Å²) in [6, 6.07) is 23.7. The molecule has 5 nitrogen and oxygen atoms in total. The first-order chi connectivity index (χ1) is 16.2. The van der Waals surface area contributed by atoms with Gasteiger partial charge in [0.1, 0.15) is 4.99 Å². The zero-order chi connectivity index (χ0) is 22.9. The average Bonchev–Trinajstić information content (AvgIpc) is 2.84. The van der Waals surface area contributed by atoms with Gasteiger partial charge in [-0.05, 0) is 47.7 Å². The van der Waals surface area contributed by atoms with Crippen molar-refractivity contribution in [2.75, 3.05) is 11.9 Å². The molecule has 0 radical (unpaired) electrons. The number of nitrogens with zero attached hydrogens (tertiary/aromatic N) is 1. The minimum absolute atomic E-state index is 0.0419. The molecule has 0 aliphatic heterocycles. The van der Waals surface area contributed by atoms with Crippen molar-refractivity contribution >= 4 is 28.7 Å². The second kappa shape index (κ2) is 11.5. The van der Waals surface area contributed by atoms with Gasteiger partial charge in [-0.2, -0.15) is 0 Å².